The van der Waals surface area contributed by atoms with Gasteiger partial charge in [-0.3, -0.25) is 4.79 Å². The number of carbonyl (C=O) groups excluding carboxylic acids is 1. The normalized spacial score (nSPS) is 19.9. The van der Waals surface area contributed by atoms with Crippen LogP contribution < -0.4 is 5.32 Å². The number of rotatable bonds is 3. The van der Waals surface area contributed by atoms with E-state index in [1.54, 1.807) is 0 Å². The molecule has 1 aliphatic heterocycles. The molecule has 3 rings (SSSR count). The summed E-state index contributed by atoms with van der Waals surface area (Å²) >= 11 is 1.22. The zero-order chi connectivity index (χ0) is 11.7. The minimum Gasteiger partial charge on any atom is -0.376 e. The maximum absolute atomic E-state index is 11.8. The summed E-state index contributed by atoms with van der Waals surface area (Å²) in [7, 11) is 0. The van der Waals surface area contributed by atoms with Gasteiger partial charge in [-0.05, 0) is 12.8 Å². The fraction of sp³-hybridized carbons (Fsp3) is 0.556. The predicted molar refractivity (Wildman–Crippen MR) is 60.0 cm³/mol. The van der Waals surface area contributed by atoms with Crippen molar-refractivity contribution in [1.82, 2.24) is 25.1 Å². The van der Waals surface area contributed by atoms with E-state index in [1.807, 2.05) is 0 Å². The second kappa shape index (κ2) is 4.38. The molecule has 7 nitrogen and oxygen atoms in total. The summed E-state index contributed by atoms with van der Waals surface area (Å²) in [6.45, 7) is 1.33. The van der Waals surface area contributed by atoms with Crippen molar-refractivity contribution in [2.75, 3.05) is 13.2 Å². The largest absolute Gasteiger partial charge is 0.376 e. The number of hydrogen-bond donors (Lipinski definition) is 1. The van der Waals surface area contributed by atoms with Gasteiger partial charge >= 0.3 is 0 Å². The topological polar surface area (TPSA) is 81.4 Å². The van der Waals surface area contributed by atoms with Crippen molar-refractivity contribution in [3.05, 3.63) is 11.3 Å². The lowest BCUT2D eigenvalue weighted by atomic mass is 10.2. The Hall–Kier alpha value is -1.54. The molecule has 1 amide bonds. The van der Waals surface area contributed by atoms with E-state index in [2.05, 4.69) is 20.6 Å². The number of fused-ring (bicyclic) bond motifs is 1. The van der Waals surface area contributed by atoms with Crippen LogP contribution in [0.2, 0.25) is 0 Å². The molecule has 0 aliphatic carbocycles. The van der Waals surface area contributed by atoms with Crippen molar-refractivity contribution in [2.45, 2.75) is 18.9 Å². The van der Waals surface area contributed by atoms with Crippen LogP contribution in [-0.4, -0.2) is 45.0 Å². The molecule has 0 aromatic carbocycles. The number of nitrogens with one attached hydrogen (secondary N) is 1. The quantitative estimate of drug-likeness (QED) is 0.838. The second-order valence-electron chi connectivity index (χ2n) is 3.81. The standard InChI is InChI=1S/C9H11N5O2S/c15-7(10-4-6-2-1-3-16-6)8-13-14-5-11-12-9(14)17-8/h5-6H,1-4H2,(H,10,15). The van der Waals surface area contributed by atoms with Crippen LogP contribution in [0, 0.1) is 0 Å². The first-order valence-electron chi connectivity index (χ1n) is 5.39. The molecule has 1 aliphatic rings. The van der Waals surface area contributed by atoms with E-state index in [4.69, 9.17) is 4.74 Å². The van der Waals surface area contributed by atoms with E-state index in [-0.39, 0.29) is 12.0 Å². The first kappa shape index (κ1) is 10.6. The molecule has 0 radical (unpaired) electrons. The third kappa shape index (κ3) is 2.13. The number of nitrogens with zero attached hydrogens (tertiary/aromatic N) is 4. The minimum absolute atomic E-state index is 0.143. The van der Waals surface area contributed by atoms with Crippen molar-refractivity contribution in [2.24, 2.45) is 0 Å². The average Bonchev–Trinajstić information content (AvgIpc) is 3.01. The highest BCUT2D eigenvalue weighted by Gasteiger charge is 2.18. The van der Waals surface area contributed by atoms with Gasteiger partial charge in [-0.15, -0.1) is 15.3 Å². The average molecular weight is 253 g/mol. The smallest absolute Gasteiger partial charge is 0.282 e. The minimum atomic E-state index is -0.184. The molecule has 0 bridgehead atoms. The Balaban J connectivity index is 1.63. The third-order valence-electron chi connectivity index (χ3n) is 2.60. The number of carbonyl (C=O) groups is 1. The highest BCUT2D eigenvalue weighted by atomic mass is 32.1. The summed E-state index contributed by atoms with van der Waals surface area (Å²) in [5.41, 5.74) is 0. The first-order valence-corrected chi connectivity index (χ1v) is 6.21. The van der Waals surface area contributed by atoms with Crippen LogP contribution in [0.25, 0.3) is 4.96 Å². The van der Waals surface area contributed by atoms with E-state index >= 15 is 0 Å². The zero-order valence-electron chi connectivity index (χ0n) is 9.00. The van der Waals surface area contributed by atoms with Gasteiger partial charge < -0.3 is 10.1 Å². The molecule has 1 N–H and O–H groups in total. The van der Waals surface area contributed by atoms with Gasteiger partial charge in [0.05, 0.1) is 6.10 Å². The lowest BCUT2D eigenvalue weighted by molar-refractivity contribution is 0.0856. The Morgan fingerprint density at radius 3 is 3.41 bits per heavy atom. The zero-order valence-corrected chi connectivity index (χ0v) is 9.81. The van der Waals surface area contributed by atoms with Crippen LogP contribution in [-0.2, 0) is 4.74 Å². The molecule has 3 heterocycles. The number of amides is 1. The molecular formula is C9H11N5O2S. The maximum Gasteiger partial charge on any atom is 0.282 e. The van der Waals surface area contributed by atoms with Crippen LogP contribution in [0.4, 0.5) is 0 Å². The molecule has 0 saturated carbocycles. The molecule has 0 spiro atoms. The van der Waals surface area contributed by atoms with Crippen molar-refractivity contribution in [3.8, 4) is 0 Å². The monoisotopic (exact) mass is 253 g/mol. The number of hydrogen-bond acceptors (Lipinski definition) is 6. The van der Waals surface area contributed by atoms with Crippen LogP contribution >= 0.6 is 11.3 Å². The van der Waals surface area contributed by atoms with Gasteiger partial charge in [-0.2, -0.15) is 4.52 Å². The van der Waals surface area contributed by atoms with E-state index in [0.29, 0.717) is 16.5 Å². The van der Waals surface area contributed by atoms with Gasteiger partial charge in [-0.1, -0.05) is 11.3 Å². The summed E-state index contributed by atoms with van der Waals surface area (Å²) in [4.78, 5) is 12.4. The van der Waals surface area contributed by atoms with Gasteiger partial charge in [-0.25, -0.2) is 0 Å². The Morgan fingerprint density at radius 1 is 1.71 bits per heavy atom. The highest BCUT2D eigenvalue weighted by Crippen LogP contribution is 2.13. The van der Waals surface area contributed by atoms with E-state index in [1.165, 1.54) is 22.2 Å². The molecule has 90 valence electrons. The van der Waals surface area contributed by atoms with Crippen LogP contribution in [0.5, 0.6) is 0 Å². The van der Waals surface area contributed by atoms with Crippen molar-refractivity contribution >= 4 is 22.2 Å². The summed E-state index contributed by atoms with van der Waals surface area (Å²) in [6, 6.07) is 0. The maximum atomic E-state index is 11.8. The molecule has 2 aromatic heterocycles. The molecule has 1 atom stereocenters. The van der Waals surface area contributed by atoms with E-state index < -0.39 is 0 Å². The Morgan fingerprint density at radius 2 is 2.65 bits per heavy atom. The lowest BCUT2D eigenvalue weighted by Gasteiger charge is -2.08. The molecular weight excluding hydrogens is 242 g/mol. The van der Waals surface area contributed by atoms with Crippen LogP contribution in [0.15, 0.2) is 6.33 Å². The van der Waals surface area contributed by atoms with Gasteiger partial charge in [0, 0.05) is 13.2 Å². The summed E-state index contributed by atoms with van der Waals surface area (Å²) in [5, 5.41) is 14.8. The Labute approximate surface area is 101 Å². The molecule has 2 aromatic rings. The molecule has 8 heteroatoms. The van der Waals surface area contributed by atoms with E-state index in [0.717, 1.165) is 19.4 Å². The van der Waals surface area contributed by atoms with Crippen molar-refractivity contribution < 1.29 is 9.53 Å². The van der Waals surface area contributed by atoms with Crippen molar-refractivity contribution in [3.63, 3.8) is 0 Å². The highest BCUT2D eigenvalue weighted by molar-refractivity contribution is 7.18. The lowest BCUT2D eigenvalue weighted by Crippen LogP contribution is -2.31. The first-order chi connectivity index (χ1) is 8.33. The predicted octanol–water partition coefficient (Wildman–Crippen LogP) is 0.0946. The van der Waals surface area contributed by atoms with Gasteiger partial charge in [0.15, 0.2) is 0 Å². The van der Waals surface area contributed by atoms with Crippen LogP contribution in [0.3, 0.4) is 0 Å². The second-order valence-corrected chi connectivity index (χ2v) is 4.77. The fourth-order valence-electron chi connectivity index (χ4n) is 1.74. The number of ether oxygens (including phenoxy) is 1. The fourth-order valence-corrected chi connectivity index (χ4v) is 2.48. The van der Waals surface area contributed by atoms with Gasteiger partial charge in [0.1, 0.15) is 6.33 Å². The summed E-state index contributed by atoms with van der Waals surface area (Å²) < 4.78 is 6.92. The number of aromatic nitrogens is 4. The van der Waals surface area contributed by atoms with Gasteiger partial charge in [0.25, 0.3) is 5.91 Å². The summed E-state index contributed by atoms with van der Waals surface area (Å²) in [6.07, 6.45) is 3.69. The molecule has 1 unspecified atom stereocenters. The SMILES string of the molecule is O=C(NCC1CCCO1)c1nn2cnnc2s1. The van der Waals surface area contributed by atoms with Crippen molar-refractivity contribution in [1.29, 1.82) is 0 Å². The van der Waals surface area contributed by atoms with Crippen LogP contribution in [0.1, 0.15) is 22.6 Å². The molecule has 1 fully saturated rings. The Kier molecular flexibility index (Phi) is 2.73. The summed E-state index contributed by atoms with van der Waals surface area (Å²) in [5.74, 6) is -0.184. The van der Waals surface area contributed by atoms with Gasteiger partial charge in [0.2, 0.25) is 9.97 Å². The molecule has 17 heavy (non-hydrogen) atoms. The van der Waals surface area contributed by atoms with E-state index in [9.17, 15) is 4.79 Å². The molecule has 1 saturated heterocycles. The Bertz CT molecular complexity index is 502. The third-order valence-corrected chi connectivity index (χ3v) is 3.51.